The van der Waals surface area contributed by atoms with E-state index < -0.39 is 0 Å². The van der Waals surface area contributed by atoms with Crippen LogP contribution in [0.1, 0.15) is 32.3 Å². The van der Waals surface area contributed by atoms with Crippen LogP contribution in [0, 0.1) is 0 Å². The molecule has 1 aromatic rings. The van der Waals surface area contributed by atoms with E-state index in [1.54, 1.807) is 7.11 Å². The van der Waals surface area contributed by atoms with Crippen LogP contribution in [-0.2, 0) is 6.54 Å². The molecule has 0 unspecified atom stereocenters. The van der Waals surface area contributed by atoms with Gasteiger partial charge in [0.2, 0.25) is 0 Å². The van der Waals surface area contributed by atoms with Gasteiger partial charge in [-0.25, -0.2) is 0 Å². The summed E-state index contributed by atoms with van der Waals surface area (Å²) in [4.78, 5) is 2.64. The molecule has 1 fully saturated rings. The molecule has 2 rings (SSSR count). The number of halogens is 1. The van der Waals surface area contributed by atoms with E-state index >= 15 is 0 Å². The third kappa shape index (κ3) is 3.18. The van der Waals surface area contributed by atoms with Crippen molar-refractivity contribution in [1.82, 2.24) is 10.2 Å². The van der Waals surface area contributed by atoms with Crippen LogP contribution in [0.15, 0.2) is 22.7 Å². The summed E-state index contributed by atoms with van der Waals surface area (Å²) in [7, 11) is 1.70. The standard InChI is InChI=1S/C16H25BrN2O/c1-4-16(5-2)12-18-8-9-19(16)11-13-6-7-15(20-3)14(17)10-13/h6-7,10,18H,4-5,8-9,11-12H2,1-3H3. The number of methoxy groups -OCH3 is 1. The summed E-state index contributed by atoms with van der Waals surface area (Å²) in [6.07, 6.45) is 2.38. The van der Waals surface area contributed by atoms with Gasteiger partial charge >= 0.3 is 0 Å². The van der Waals surface area contributed by atoms with Gasteiger partial charge in [0.05, 0.1) is 11.6 Å². The van der Waals surface area contributed by atoms with Gasteiger partial charge in [-0.05, 0) is 46.5 Å². The van der Waals surface area contributed by atoms with Crippen molar-refractivity contribution >= 4 is 15.9 Å². The number of nitrogens with one attached hydrogen (secondary N) is 1. The second kappa shape index (κ2) is 6.92. The number of nitrogens with zero attached hydrogens (tertiary/aromatic N) is 1. The molecule has 0 atom stereocenters. The van der Waals surface area contributed by atoms with Gasteiger partial charge in [0.1, 0.15) is 5.75 Å². The first-order valence-electron chi connectivity index (χ1n) is 7.43. The molecule has 0 amide bonds. The predicted octanol–water partition coefficient (Wildman–Crippen LogP) is 3.42. The molecule has 1 aliphatic rings. The summed E-state index contributed by atoms with van der Waals surface area (Å²) in [6, 6.07) is 6.39. The molecule has 0 aromatic heterocycles. The topological polar surface area (TPSA) is 24.5 Å². The average molecular weight is 341 g/mol. The highest BCUT2D eigenvalue weighted by molar-refractivity contribution is 9.10. The summed E-state index contributed by atoms with van der Waals surface area (Å²) >= 11 is 3.58. The predicted molar refractivity (Wildman–Crippen MR) is 87.3 cm³/mol. The molecule has 0 spiro atoms. The third-order valence-electron chi connectivity index (χ3n) is 4.59. The summed E-state index contributed by atoms with van der Waals surface area (Å²) in [5.74, 6) is 0.895. The number of piperazine rings is 1. The van der Waals surface area contributed by atoms with Crippen LogP contribution in [0.5, 0.6) is 5.75 Å². The Hall–Kier alpha value is -0.580. The summed E-state index contributed by atoms with van der Waals surface area (Å²) in [5.41, 5.74) is 1.64. The maximum atomic E-state index is 5.30. The number of ether oxygens (including phenoxy) is 1. The SMILES string of the molecule is CCC1(CC)CNCCN1Cc1ccc(OC)c(Br)c1. The zero-order valence-corrected chi connectivity index (χ0v) is 14.3. The number of rotatable bonds is 5. The second-order valence-electron chi connectivity index (χ2n) is 5.50. The Morgan fingerprint density at radius 1 is 1.35 bits per heavy atom. The van der Waals surface area contributed by atoms with E-state index in [4.69, 9.17) is 4.74 Å². The lowest BCUT2D eigenvalue weighted by atomic mass is 9.88. The van der Waals surface area contributed by atoms with Crippen molar-refractivity contribution in [3.63, 3.8) is 0 Å². The first kappa shape index (κ1) is 15.8. The molecule has 1 N–H and O–H groups in total. The first-order chi connectivity index (χ1) is 9.65. The minimum absolute atomic E-state index is 0.296. The fraction of sp³-hybridized carbons (Fsp3) is 0.625. The molecule has 1 heterocycles. The van der Waals surface area contributed by atoms with Gasteiger partial charge in [0.15, 0.2) is 0 Å². The Morgan fingerprint density at radius 2 is 2.10 bits per heavy atom. The molecule has 0 saturated carbocycles. The molecule has 0 bridgehead atoms. The normalized spacial score (nSPS) is 19.0. The molecular weight excluding hydrogens is 316 g/mol. The van der Waals surface area contributed by atoms with Crippen molar-refractivity contribution < 1.29 is 4.74 Å². The van der Waals surface area contributed by atoms with E-state index in [9.17, 15) is 0 Å². The van der Waals surface area contributed by atoms with E-state index in [-0.39, 0.29) is 0 Å². The Morgan fingerprint density at radius 3 is 2.70 bits per heavy atom. The van der Waals surface area contributed by atoms with E-state index in [0.717, 1.165) is 36.4 Å². The first-order valence-corrected chi connectivity index (χ1v) is 8.22. The zero-order valence-electron chi connectivity index (χ0n) is 12.7. The average Bonchev–Trinajstić information content (AvgIpc) is 2.48. The summed E-state index contributed by atoms with van der Waals surface area (Å²) in [5, 5.41) is 3.55. The highest BCUT2D eigenvalue weighted by Crippen LogP contribution is 2.30. The lowest BCUT2D eigenvalue weighted by Gasteiger charge is -2.47. The number of hydrogen-bond acceptors (Lipinski definition) is 3. The molecule has 1 aliphatic heterocycles. The molecule has 1 aromatic carbocycles. The van der Waals surface area contributed by atoms with Gasteiger partial charge < -0.3 is 10.1 Å². The fourth-order valence-corrected chi connectivity index (χ4v) is 3.69. The van der Waals surface area contributed by atoms with Crippen molar-refractivity contribution in [2.45, 2.75) is 38.8 Å². The van der Waals surface area contributed by atoms with Crippen molar-refractivity contribution in [1.29, 1.82) is 0 Å². The summed E-state index contributed by atoms with van der Waals surface area (Å²) < 4.78 is 6.34. The summed E-state index contributed by atoms with van der Waals surface area (Å²) in [6.45, 7) is 8.90. The van der Waals surface area contributed by atoms with Gasteiger partial charge in [-0.1, -0.05) is 19.9 Å². The second-order valence-corrected chi connectivity index (χ2v) is 6.35. The quantitative estimate of drug-likeness (QED) is 0.888. The Kier molecular flexibility index (Phi) is 5.47. The van der Waals surface area contributed by atoms with Crippen LogP contribution < -0.4 is 10.1 Å². The number of benzene rings is 1. The molecular formula is C16H25BrN2O. The molecule has 112 valence electrons. The molecule has 0 aliphatic carbocycles. The minimum atomic E-state index is 0.296. The van der Waals surface area contributed by atoms with Crippen molar-refractivity contribution in [3.8, 4) is 5.75 Å². The monoisotopic (exact) mass is 340 g/mol. The van der Waals surface area contributed by atoms with Crippen LogP contribution in [-0.4, -0.2) is 37.2 Å². The lowest BCUT2D eigenvalue weighted by molar-refractivity contribution is 0.0447. The largest absolute Gasteiger partial charge is 0.496 e. The number of hydrogen-bond donors (Lipinski definition) is 1. The minimum Gasteiger partial charge on any atom is -0.496 e. The van der Waals surface area contributed by atoms with E-state index in [1.807, 2.05) is 6.07 Å². The molecule has 0 radical (unpaired) electrons. The van der Waals surface area contributed by atoms with E-state index in [1.165, 1.54) is 18.4 Å². The highest BCUT2D eigenvalue weighted by Gasteiger charge is 2.35. The maximum Gasteiger partial charge on any atom is 0.133 e. The Labute approximate surface area is 130 Å². The van der Waals surface area contributed by atoms with Crippen molar-refractivity contribution in [2.75, 3.05) is 26.7 Å². The van der Waals surface area contributed by atoms with Gasteiger partial charge in [-0.15, -0.1) is 0 Å². The van der Waals surface area contributed by atoms with Gasteiger partial charge in [0.25, 0.3) is 0 Å². The van der Waals surface area contributed by atoms with E-state index in [2.05, 4.69) is 52.1 Å². The van der Waals surface area contributed by atoms with Crippen LogP contribution in [0.25, 0.3) is 0 Å². The van der Waals surface area contributed by atoms with Crippen LogP contribution in [0.4, 0.5) is 0 Å². The van der Waals surface area contributed by atoms with Crippen LogP contribution >= 0.6 is 15.9 Å². The highest BCUT2D eigenvalue weighted by atomic mass is 79.9. The fourth-order valence-electron chi connectivity index (χ4n) is 3.11. The third-order valence-corrected chi connectivity index (χ3v) is 5.21. The molecule has 1 saturated heterocycles. The van der Waals surface area contributed by atoms with Crippen LogP contribution in [0.2, 0.25) is 0 Å². The zero-order chi connectivity index (χ0) is 14.6. The van der Waals surface area contributed by atoms with Gasteiger partial charge in [-0.2, -0.15) is 0 Å². The van der Waals surface area contributed by atoms with E-state index in [0.29, 0.717) is 5.54 Å². The maximum absolute atomic E-state index is 5.30. The van der Waals surface area contributed by atoms with Gasteiger partial charge in [0, 0.05) is 31.7 Å². The molecule has 3 nitrogen and oxygen atoms in total. The van der Waals surface area contributed by atoms with Crippen molar-refractivity contribution in [3.05, 3.63) is 28.2 Å². The Bertz CT molecular complexity index is 446. The molecule has 4 heteroatoms. The molecule has 20 heavy (non-hydrogen) atoms. The Balaban J connectivity index is 2.16. The smallest absolute Gasteiger partial charge is 0.133 e. The van der Waals surface area contributed by atoms with Crippen molar-refractivity contribution in [2.24, 2.45) is 0 Å². The van der Waals surface area contributed by atoms with Gasteiger partial charge in [-0.3, -0.25) is 4.90 Å². The lowest BCUT2D eigenvalue weighted by Crippen LogP contribution is -2.60. The van der Waals surface area contributed by atoms with Crippen LogP contribution in [0.3, 0.4) is 0 Å².